The number of carbonyl (C=O) groups excluding carboxylic acids is 1. The zero-order valence-electron chi connectivity index (χ0n) is 16.8. The normalized spacial score (nSPS) is 11.7. The Morgan fingerprint density at radius 3 is 1.30 bits per heavy atom. The molecule has 0 aliphatic heterocycles. The van der Waals surface area contributed by atoms with Gasteiger partial charge in [0, 0.05) is 5.88 Å². The summed E-state index contributed by atoms with van der Waals surface area (Å²) in [5.74, 6) is 0.117. The topological polar surface area (TPSA) is 81.7 Å². The maximum absolute atomic E-state index is 11.4. The molecule has 0 aliphatic rings. The summed E-state index contributed by atoms with van der Waals surface area (Å²) in [5, 5.41) is 0. The van der Waals surface area contributed by atoms with Crippen LogP contribution < -0.4 is 0 Å². The molecule has 0 heterocycles. The van der Waals surface area contributed by atoms with E-state index in [-0.39, 0.29) is 12.6 Å². The van der Waals surface area contributed by atoms with Crippen LogP contribution in [0.25, 0.3) is 0 Å². The number of carbonyl (C=O) groups is 1. The number of rotatable bonds is 19. The first-order valence-electron chi connectivity index (χ1n) is 9.20. The molecule has 0 amide bonds. The number of halogens is 1. The molecule has 0 atom stereocenters. The van der Waals surface area contributed by atoms with Gasteiger partial charge in [-0.05, 0) is 20.8 Å². The highest BCUT2D eigenvalue weighted by Crippen LogP contribution is 2.06. The van der Waals surface area contributed by atoms with E-state index in [9.17, 15) is 4.79 Å². The summed E-state index contributed by atoms with van der Waals surface area (Å²) < 4.78 is 36.8. The molecule has 8 nitrogen and oxygen atoms in total. The molecule has 0 saturated carbocycles. The van der Waals surface area contributed by atoms with Gasteiger partial charge in [0.05, 0.1) is 72.7 Å². The van der Waals surface area contributed by atoms with Gasteiger partial charge in [0.1, 0.15) is 12.2 Å². The van der Waals surface area contributed by atoms with E-state index in [4.69, 9.17) is 44.8 Å². The Hall–Kier alpha value is -0.480. The minimum atomic E-state index is -0.496. The maximum atomic E-state index is 11.4. The first-order valence-corrected chi connectivity index (χ1v) is 9.73. The quantitative estimate of drug-likeness (QED) is 0.179. The largest absolute Gasteiger partial charge is 0.458 e. The van der Waals surface area contributed by atoms with E-state index >= 15 is 0 Å². The molecule has 162 valence electrons. The number of ether oxygens (including phenoxy) is 7. The monoisotopic (exact) mass is 414 g/mol. The molecule has 0 radical (unpaired) electrons. The van der Waals surface area contributed by atoms with E-state index < -0.39 is 5.60 Å². The summed E-state index contributed by atoms with van der Waals surface area (Å²) in [6, 6.07) is 0. The number of alkyl halides is 1. The van der Waals surface area contributed by atoms with E-state index in [0.29, 0.717) is 78.6 Å². The standard InChI is InChI=1S/C18H35ClO8/c1-18(2,3)27-17(20)16-26-15-14-25-13-12-24-11-10-23-9-8-22-7-6-21-5-4-19/h4-16H2,1-3H3. The highest BCUT2D eigenvalue weighted by atomic mass is 35.5. The predicted molar refractivity (Wildman–Crippen MR) is 101 cm³/mol. The molecule has 0 rings (SSSR count). The van der Waals surface area contributed by atoms with Gasteiger partial charge in [-0.1, -0.05) is 0 Å². The van der Waals surface area contributed by atoms with Crippen molar-refractivity contribution in [1.82, 2.24) is 0 Å². The second-order valence-corrected chi connectivity index (χ2v) is 6.77. The fourth-order valence-electron chi connectivity index (χ4n) is 1.68. The van der Waals surface area contributed by atoms with Crippen molar-refractivity contribution in [3.05, 3.63) is 0 Å². The highest BCUT2D eigenvalue weighted by molar-refractivity contribution is 6.17. The number of esters is 1. The molecule has 0 saturated heterocycles. The van der Waals surface area contributed by atoms with Gasteiger partial charge in [0.25, 0.3) is 0 Å². The van der Waals surface area contributed by atoms with E-state index in [1.165, 1.54) is 0 Å². The van der Waals surface area contributed by atoms with Crippen LogP contribution in [0.3, 0.4) is 0 Å². The molecule has 0 N–H and O–H groups in total. The van der Waals surface area contributed by atoms with Crippen LogP contribution in [-0.2, 0) is 38.0 Å². The van der Waals surface area contributed by atoms with Crippen molar-refractivity contribution in [1.29, 1.82) is 0 Å². The van der Waals surface area contributed by atoms with E-state index in [1.54, 1.807) is 0 Å². The molecule has 0 aromatic rings. The van der Waals surface area contributed by atoms with Gasteiger partial charge in [-0.25, -0.2) is 4.79 Å². The Labute approximate surface area is 167 Å². The van der Waals surface area contributed by atoms with Gasteiger partial charge < -0.3 is 33.2 Å². The average Bonchev–Trinajstić information content (AvgIpc) is 2.59. The van der Waals surface area contributed by atoms with E-state index in [1.807, 2.05) is 20.8 Å². The van der Waals surface area contributed by atoms with Crippen LogP contribution in [0.1, 0.15) is 20.8 Å². The van der Waals surface area contributed by atoms with Gasteiger partial charge >= 0.3 is 5.97 Å². The minimum absolute atomic E-state index is 0.0708. The Kier molecular flexibility index (Phi) is 18.5. The molecule has 0 spiro atoms. The fourth-order valence-corrected chi connectivity index (χ4v) is 1.79. The van der Waals surface area contributed by atoms with E-state index in [0.717, 1.165) is 0 Å². The van der Waals surface area contributed by atoms with Crippen molar-refractivity contribution in [2.75, 3.05) is 85.2 Å². The summed E-state index contributed by atoms with van der Waals surface area (Å²) in [6.07, 6.45) is 0. The summed E-state index contributed by atoms with van der Waals surface area (Å²) >= 11 is 5.47. The molecule has 0 bridgehead atoms. The van der Waals surface area contributed by atoms with Crippen molar-refractivity contribution in [3.63, 3.8) is 0 Å². The van der Waals surface area contributed by atoms with Crippen LogP contribution in [-0.4, -0.2) is 96.7 Å². The fraction of sp³-hybridized carbons (Fsp3) is 0.944. The third-order valence-corrected chi connectivity index (χ3v) is 2.88. The molecule has 27 heavy (non-hydrogen) atoms. The Morgan fingerprint density at radius 2 is 0.963 bits per heavy atom. The first-order chi connectivity index (χ1) is 13.0. The van der Waals surface area contributed by atoms with Gasteiger partial charge in [-0.3, -0.25) is 0 Å². The van der Waals surface area contributed by atoms with Gasteiger partial charge in [0.2, 0.25) is 0 Å². The first kappa shape index (κ1) is 26.5. The number of hydrogen-bond donors (Lipinski definition) is 0. The highest BCUT2D eigenvalue weighted by Gasteiger charge is 2.15. The molecule has 0 fully saturated rings. The lowest BCUT2D eigenvalue weighted by Crippen LogP contribution is -2.27. The SMILES string of the molecule is CC(C)(C)OC(=O)COCCOCCOCCOCCOCCOCCCl. The molecular formula is C18H35ClO8. The second-order valence-electron chi connectivity index (χ2n) is 6.39. The Morgan fingerprint density at radius 1 is 0.630 bits per heavy atom. The smallest absolute Gasteiger partial charge is 0.332 e. The third-order valence-electron chi connectivity index (χ3n) is 2.72. The lowest BCUT2D eigenvalue weighted by molar-refractivity contribution is -0.160. The van der Waals surface area contributed by atoms with Gasteiger partial charge in [-0.15, -0.1) is 11.6 Å². The molecular weight excluding hydrogens is 380 g/mol. The Balaban J connectivity index is 3.12. The molecule has 0 unspecified atom stereocenters. The minimum Gasteiger partial charge on any atom is -0.458 e. The van der Waals surface area contributed by atoms with Crippen LogP contribution in [0.5, 0.6) is 0 Å². The average molecular weight is 415 g/mol. The zero-order valence-corrected chi connectivity index (χ0v) is 17.6. The molecule has 0 aromatic heterocycles. The summed E-state index contributed by atoms with van der Waals surface area (Å²) in [4.78, 5) is 11.4. The third kappa shape index (κ3) is 23.5. The molecule has 9 heteroatoms. The van der Waals surface area contributed by atoms with Crippen LogP contribution in [0.4, 0.5) is 0 Å². The van der Waals surface area contributed by atoms with Crippen LogP contribution in [0.15, 0.2) is 0 Å². The zero-order chi connectivity index (χ0) is 20.2. The van der Waals surface area contributed by atoms with Crippen molar-refractivity contribution < 1.29 is 38.0 Å². The van der Waals surface area contributed by atoms with Gasteiger partial charge in [-0.2, -0.15) is 0 Å². The van der Waals surface area contributed by atoms with Crippen molar-refractivity contribution >= 4 is 17.6 Å². The Bertz CT molecular complexity index is 336. The lowest BCUT2D eigenvalue weighted by Gasteiger charge is -2.19. The van der Waals surface area contributed by atoms with E-state index in [2.05, 4.69) is 0 Å². The summed E-state index contributed by atoms with van der Waals surface area (Å²) in [5.41, 5.74) is -0.496. The maximum Gasteiger partial charge on any atom is 0.332 e. The number of hydrogen-bond acceptors (Lipinski definition) is 8. The van der Waals surface area contributed by atoms with Gasteiger partial charge in [0.15, 0.2) is 0 Å². The predicted octanol–water partition coefficient (Wildman–Crippen LogP) is 1.67. The van der Waals surface area contributed by atoms with Crippen LogP contribution >= 0.6 is 11.6 Å². The van der Waals surface area contributed by atoms with Crippen molar-refractivity contribution in [2.24, 2.45) is 0 Å². The lowest BCUT2D eigenvalue weighted by atomic mass is 10.2. The van der Waals surface area contributed by atoms with Crippen molar-refractivity contribution in [2.45, 2.75) is 26.4 Å². The van der Waals surface area contributed by atoms with Crippen LogP contribution in [0, 0.1) is 0 Å². The molecule has 0 aliphatic carbocycles. The summed E-state index contributed by atoms with van der Waals surface area (Å²) in [7, 11) is 0. The summed E-state index contributed by atoms with van der Waals surface area (Å²) in [6.45, 7) is 10.7. The van der Waals surface area contributed by atoms with Crippen LogP contribution in [0.2, 0.25) is 0 Å². The van der Waals surface area contributed by atoms with Crippen molar-refractivity contribution in [3.8, 4) is 0 Å². The molecule has 0 aromatic carbocycles. The second kappa shape index (κ2) is 18.9.